The van der Waals surface area contributed by atoms with Crippen LogP contribution in [0.2, 0.25) is 0 Å². The summed E-state index contributed by atoms with van der Waals surface area (Å²) >= 11 is 0. The van der Waals surface area contributed by atoms with Crippen LogP contribution in [0.4, 0.5) is 0 Å². The Morgan fingerprint density at radius 3 is 2.22 bits per heavy atom. The summed E-state index contributed by atoms with van der Waals surface area (Å²) in [6.07, 6.45) is 2.80. The molecule has 3 rings (SSSR count). The van der Waals surface area contributed by atoms with Crippen LogP contribution < -0.4 is 5.32 Å². The molecule has 0 aliphatic carbocycles. The zero-order valence-electron chi connectivity index (χ0n) is 12.1. The van der Waals surface area contributed by atoms with Crippen molar-refractivity contribution in [2.24, 2.45) is 17.8 Å². The van der Waals surface area contributed by atoms with Crippen molar-refractivity contribution in [3.63, 3.8) is 0 Å². The number of nitrogens with one attached hydrogen (secondary N) is 1. The number of nitrogens with zero attached hydrogens (tertiary/aromatic N) is 2. The molecular weight excluding hydrogens is 222 g/mol. The average Bonchev–Trinajstić information content (AvgIpc) is 2.89. The van der Waals surface area contributed by atoms with Crippen LogP contribution in [0.5, 0.6) is 0 Å². The molecule has 3 heteroatoms. The third-order valence-electron chi connectivity index (χ3n) is 5.11. The maximum atomic E-state index is 3.54. The van der Waals surface area contributed by atoms with Crippen molar-refractivity contribution in [3.8, 4) is 0 Å². The molecular formula is C15H29N3. The van der Waals surface area contributed by atoms with Gasteiger partial charge in [-0.15, -0.1) is 0 Å². The molecule has 0 aromatic rings. The summed E-state index contributed by atoms with van der Waals surface area (Å²) in [5.41, 5.74) is 0. The number of rotatable bonds is 3. The molecule has 3 aliphatic heterocycles. The highest BCUT2D eigenvalue weighted by Crippen LogP contribution is 2.30. The quantitative estimate of drug-likeness (QED) is 0.815. The Morgan fingerprint density at radius 2 is 1.67 bits per heavy atom. The zero-order valence-corrected chi connectivity index (χ0v) is 12.1. The third-order valence-corrected chi connectivity index (χ3v) is 5.11. The molecule has 3 fully saturated rings. The second kappa shape index (κ2) is 5.48. The Kier molecular flexibility index (Phi) is 3.92. The third kappa shape index (κ3) is 2.73. The van der Waals surface area contributed by atoms with Crippen LogP contribution in [0, 0.1) is 17.8 Å². The molecule has 0 amide bonds. The lowest BCUT2D eigenvalue weighted by Gasteiger charge is -2.37. The van der Waals surface area contributed by atoms with Crippen molar-refractivity contribution < 1.29 is 0 Å². The Bertz CT molecular complexity index is 259. The topological polar surface area (TPSA) is 18.5 Å². The molecule has 3 heterocycles. The van der Waals surface area contributed by atoms with Crippen molar-refractivity contribution in [3.05, 3.63) is 0 Å². The van der Waals surface area contributed by atoms with E-state index in [2.05, 4.69) is 29.0 Å². The molecule has 0 aromatic heterocycles. The van der Waals surface area contributed by atoms with Gasteiger partial charge in [-0.3, -0.25) is 4.90 Å². The van der Waals surface area contributed by atoms with Gasteiger partial charge >= 0.3 is 0 Å². The first-order chi connectivity index (χ1) is 8.72. The van der Waals surface area contributed by atoms with E-state index in [4.69, 9.17) is 0 Å². The summed E-state index contributed by atoms with van der Waals surface area (Å²) in [4.78, 5) is 5.47. The van der Waals surface area contributed by atoms with Gasteiger partial charge < -0.3 is 10.2 Å². The van der Waals surface area contributed by atoms with Crippen LogP contribution in [0.1, 0.15) is 26.7 Å². The van der Waals surface area contributed by atoms with Gasteiger partial charge in [-0.25, -0.2) is 0 Å². The molecule has 1 N–H and O–H groups in total. The second-order valence-corrected chi connectivity index (χ2v) is 7.06. The smallest absolute Gasteiger partial charge is 0.0120 e. The average molecular weight is 251 g/mol. The first kappa shape index (κ1) is 12.9. The minimum atomic E-state index is 0.818. The van der Waals surface area contributed by atoms with E-state index in [0.717, 1.165) is 23.8 Å². The molecule has 18 heavy (non-hydrogen) atoms. The van der Waals surface area contributed by atoms with Gasteiger partial charge in [0, 0.05) is 25.7 Å². The Labute approximate surface area is 112 Å². The van der Waals surface area contributed by atoms with Gasteiger partial charge in [0.15, 0.2) is 0 Å². The first-order valence-electron chi connectivity index (χ1n) is 7.89. The number of hydrogen-bond donors (Lipinski definition) is 1. The number of fused-ring (bicyclic) bond motifs is 1. The summed E-state index contributed by atoms with van der Waals surface area (Å²) in [7, 11) is 0. The molecule has 3 saturated heterocycles. The Balaban J connectivity index is 1.46. The fourth-order valence-electron chi connectivity index (χ4n) is 4.17. The summed E-state index contributed by atoms with van der Waals surface area (Å²) in [5.74, 6) is 2.73. The van der Waals surface area contributed by atoms with Crippen molar-refractivity contribution in [1.29, 1.82) is 0 Å². The summed E-state index contributed by atoms with van der Waals surface area (Å²) in [6.45, 7) is 13.9. The highest BCUT2D eigenvalue weighted by atomic mass is 15.2. The maximum absolute atomic E-state index is 3.54. The standard InChI is InChI=1S/C15H29N3/c1-12(2)9-17-5-3-15(4-6-17)18-10-13-7-16-8-14(13)11-18/h12-16H,3-11H2,1-2H3. The van der Waals surface area contributed by atoms with Gasteiger partial charge in [-0.1, -0.05) is 13.8 Å². The van der Waals surface area contributed by atoms with E-state index in [1.807, 2.05) is 0 Å². The number of piperidine rings is 1. The molecule has 0 aromatic carbocycles. The molecule has 0 saturated carbocycles. The highest BCUT2D eigenvalue weighted by Gasteiger charge is 2.39. The van der Waals surface area contributed by atoms with Gasteiger partial charge in [0.2, 0.25) is 0 Å². The van der Waals surface area contributed by atoms with Crippen LogP contribution in [-0.4, -0.2) is 61.7 Å². The van der Waals surface area contributed by atoms with Crippen LogP contribution in [-0.2, 0) is 0 Å². The molecule has 0 radical (unpaired) electrons. The molecule has 3 aliphatic rings. The van der Waals surface area contributed by atoms with Crippen molar-refractivity contribution >= 4 is 0 Å². The molecule has 2 atom stereocenters. The zero-order chi connectivity index (χ0) is 12.5. The van der Waals surface area contributed by atoms with Crippen LogP contribution >= 0.6 is 0 Å². The van der Waals surface area contributed by atoms with E-state index in [-0.39, 0.29) is 0 Å². The van der Waals surface area contributed by atoms with E-state index in [0.29, 0.717) is 0 Å². The lowest BCUT2D eigenvalue weighted by atomic mass is 10.0. The van der Waals surface area contributed by atoms with Crippen LogP contribution in [0.15, 0.2) is 0 Å². The summed E-state index contributed by atoms with van der Waals surface area (Å²) in [5, 5.41) is 3.54. The monoisotopic (exact) mass is 251 g/mol. The molecule has 104 valence electrons. The van der Waals surface area contributed by atoms with E-state index in [1.165, 1.54) is 58.7 Å². The maximum Gasteiger partial charge on any atom is 0.0120 e. The predicted octanol–water partition coefficient (Wildman–Crippen LogP) is 1.26. The Hall–Kier alpha value is -0.120. The van der Waals surface area contributed by atoms with E-state index < -0.39 is 0 Å². The largest absolute Gasteiger partial charge is 0.316 e. The van der Waals surface area contributed by atoms with Crippen molar-refractivity contribution in [2.45, 2.75) is 32.7 Å². The summed E-state index contributed by atoms with van der Waals surface area (Å²) in [6, 6.07) is 0.888. The lowest BCUT2D eigenvalue weighted by molar-refractivity contribution is 0.113. The van der Waals surface area contributed by atoms with Gasteiger partial charge in [0.25, 0.3) is 0 Å². The van der Waals surface area contributed by atoms with E-state index in [1.54, 1.807) is 0 Å². The van der Waals surface area contributed by atoms with Crippen LogP contribution in [0.3, 0.4) is 0 Å². The molecule has 2 unspecified atom stereocenters. The Morgan fingerprint density at radius 1 is 1.06 bits per heavy atom. The van der Waals surface area contributed by atoms with Gasteiger partial charge in [0.1, 0.15) is 0 Å². The van der Waals surface area contributed by atoms with Gasteiger partial charge in [-0.05, 0) is 56.8 Å². The van der Waals surface area contributed by atoms with E-state index in [9.17, 15) is 0 Å². The fraction of sp³-hybridized carbons (Fsp3) is 1.00. The van der Waals surface area contributed by atoms with E-state index >= 15 is 0 Å². The summed E-state index contributed by atoms with van der Waals surface area (Å²) < 4.78 is 0. The van der Waals surface area contributed by atoms with Gasteiger partial charge in [0.05, 0.1) is 0 Å². The minimum Gasteiger partial charge on any atom is -0.316 e. The number of hydrogen-bond acceptors (Lipinski definition) is 3. The highest BCUT2D eigenvalue weighted by molar-refractivity contribution is 4.94. The van der Waals surface area contributed by atoms with Gasteiger partial charge in [-0.2, -0.15) is 0 Å². The van der Waals surface area contributed by atoms with Crippen molar-refractivity contribution in [1.82, 2.24) is 15.1 Å². The second-order valence-electron chi connectivity index (χ2n) is 7.06. The molecule has 0 spiro atoms. The molecule has 3 nitrogen and oxygen atoms in total. The number of likely N-dealkylation sites (tertiary alicyclic amines) is 2. The SMILES string of the molecule is CC(C)CN1CCC(N2CC3CNCC3C2)CC1. The molecule has 0 bridgehead atoms. The normalized spacial score (nSPS) is 35.5. The first-order valence-corrected chi connectivity index (χ1v) is 7.89. The predicted molar refractivity (Wildman–Crippen MR) is 75.7 cm³/mol. The van der Waals surface area contributed by atoms with Crippen molar-refractivity contribution in [2.75, 3.05) is 45.8 Å². The van der Waals surface area contributed by atoms with Crippen LogP contribution in [0.25, 0.3) is 0 Å². The lowest BCUT2D eigenvalue weighted by Crippen LogP contribution is -2.45. The fourth-order valence-corrected chi connectivity index (χ4v) is 4.17. The minimum absolute atomic E-state index is 0.818.